The van der Waals surface area contributed by atoms with Gasteiger partial charge in [0.1, 0.15) is 42.8 Å². The van der Waals surface area contributed by atoms with Gasteiger partial charge >= 0.3 is 19.5 Å². The molecule has 2 aliphatic heterocycles. The molecule has 49 heavy (non-hydrogen) atoms. The summed E-state index contributed by atoms with van der Waals surface area (Å²) in [6.07, 6.45) is 0. The molecule has 0 spiro atoms. The number of nitrogens with one attached hydrogen (secondary N) is 2. The zero-order valence-corrected chi connectivity index (χ0v) is 27.8. The van der Waals surface area contributed by atoms with Crippen LogP contribution in [0.4, 0.5) is 0 Å². The number of hydrogen-bond acceptors (Lipinski definition) is 12. The van der Waals surface area contributed by atoms with E-state index in [0.717, 1.165) is 16.8 Å². The van der Waals surface area contributed by atoms with Gasteiger partial charge < -0.3 is 19.1 Å². The van der Waals surface area contributed by atoms with Crippen LogP contribution in [0.2, 0.25) is 0 Å². The van der Waals surface area contributed by atoms with Gasteiger partial charge in [0.05, 0.1) is 9.79 Å². The Bertz CT molecular complexity index is 2980. The van der Waals surface area contributed by atoms with Crippen LogP contribution in [0.1, 0.15) is 0 Å². The minimum atomic E-state index is -5.56. The average Bonchev–Trinajstić information content (AvgIpc) is 3.79. The van der Waals surface area contributed by atoms with Gasteiger partial charge in [-0.25, -0.2) is 46.7 Å². The van der Waals surface area contributed by atoms with Gasteiger partial charge in [0.25, 0.3) is 0 Å². The van der Waals surface area contributed by atoms with E-state index in [4.69, 9.17) is 19.9 Å². The molecule has 2 N–H and O–H groups in total. The van der Waals surface area contributed by atoms with Gasteiger partial charge in [0.2, 0.25) is 0 Å². The molecule has 0 saturated carbocycles. The van der Waals surface area contributed by atoms with E-state index in [2.05, 4.69) is 19.9 Å². The van der Waals surface area contributed by atoms with E-state index in [-0.39, 0.29) is 53.6 Å². The minimum Gasteiger partial charge on any atom is -0.744 e. The van der Waals surface area contributed by atoms with Gasteiger partial charge in [-0.1, -0.05) is 72.8 Å². The maximum atomic E-state index is 12.7. The molecule has 0 aliphatic carbocycles. The number of fused-ring (bicyclic) bond motifs is 20. The number of hydrogen-bond donors (Lipinski definition) is 2. The van der Waals surface area contributed by atoms with E-state index in [1.807, 2.05) is 36.4 Å². The zero-order chi connectivity index (χ0) is 32.9. The second-order valence-electron chi connectivity index (χ2n) is 11.0. The van der Waals surface area contributed by atoms with Gasteiger partial charge in [-0.15, -0.1) is 0 Å². The number of nitrogens with zero attached hydrogens (tertiary/aromatic N) is 6. The Kier molecular flexibility index (Phi) is 6.86. The van der Waals surface area contributed by atoms with Crippen LogP contribution in [0.5, 0.6) is 0 Å². The van der Waals surface area contributed by atoms with Crippen molar-refractivity contribution in [3.63, 3.8) is 0 Å². The van der Waals surface area contributed by atoms with E-state index in [1.165, 1.54) is 6.07 Å². The molecule has 9 rings (SSSR count). The predicted octanol–water partition coefficient (Wildman–Crippen LogP) is 4.67. The van der Waals surface area contributed by atoms with E-state index in [9.17, 15) is 25.9 Å². The number of H-pyrrole nitrogens is 2. The molecule has 0 amide bonds. The molecular formula is C32H16N8O6RuS2. The van der Waals surface area contributed by atoms with E-state index >= 15 is 0 Å². The number of aromatic nitrogens is 8. The summed E-state index contributed by atoms with van der Waals surface area (Å²) in [7, 11) is -11.0. The first-order valence-electron chi connectivity index (χ1n) is 14.2. The molecule has 4 aromatic carbocycles. The van der Waals surface area contributed by atoms with Gasteiger partial charge in [-0.2, -0.15) is 0 Å². The molecule has 240 valence electrons. The topological polar surface area (TPSA) is 223 Å². The van der Waals surface area contributed by atoms with Crippen molar-refractivity contribution in [3.8, 4) is 45.6 Å². The first-order chi connectivity index (χ1) is 23.0. The van der Waals surface area contributed by atoms with Crippen molar-refractivity contribution in [3.05, 3.63) is 84.9 Å². The van der Waals surface area contributed by atoms with Crippen molar-refractivity contribution < 1.29 is 45.4 Å². The normalized spacial score (nSPS) is 12.4. The number of benzene rings is 4. The summed E-state index contributed by atoms with van der Waals surface area (Å²) in [6, 6.07) is 23.8. The molecule has 0 saturated heterocycles. The molecule has 5 heterocycles. The Labute approximate surface area is 288 Å². The smallest absolute Gasteiger partial charge is 0.744 e. The first-order valence-corrected chi connectivity index (χ1v) is 17.1. The monoisotopic (exact) mass is 774 g/mol. The van der Waals surface area contributed by atoms with E-state index < -0.39 is 35.4 Å². The molecule has 0 unspecified atom stereocenters. The minimum absolute atomic E-state index is 0. The molecule has 14 nitrogen and oxygen atoms in total. The van der Waals surface area contributed by atoms with Crippen molar-refractivity contribution >= 4 is 64.4 Å². The fraction of sp³-hybridized carbons (Fsp3) is 0. The second kappa shape index (κ2) is 10.8. The maximum Gasteiger partial charge on any atom is 2.00 e. The summed E-state index contributed by atoms with van der Waals surface area (Å²) in [4.78, 5) is 32.2. The fourth-order valence-electron chi connectivity index (χ4n) is 6.13. The Morgan fingerprint density at radius 3 is 1.27 bits per heavy atom. The summed E-state index contributed by atoms with van der Waals surface area (Å²) < 4.78 is 74.7. The first kappa shape index (κ1) is 31.0. The van der Waals surface area contributed by atoms with Gasteiger partial charge in [0.15, 0.2) is 23.3 Å². The second-order valence-corrected chi connectivity index (χ2v) is 13.6. The van der Waals surface area contributed by atoms with Crippen molar-refractivity contribution in [2.45, 2.75) is 9.79 Å². The molecule has 0 atom stereocenters. The fourth-order valence-corrected chi connectivity index (χ4v) is 8.07. The van der Waals surface area contributed by atoms with Crippen LogP contribution in [-0.4, -0.2) is 65.8 Å². The Morgan fingerprint density at radius 1 is 0.449 bits per heavy atom. The van der Waals surface area contributed by atoms with Crippen LogP contribution in [0.15, 0.2) is 94.7 Å². The zero-order valence-electron chi connectivity index (χ0n) is 24.4. The van der Waals surface area contributed by atoms with Crippen LogP contribution in [-0.2, 0) is 39.7 Å². The van der Waals surface area contributed by atoms with Gasteiger partial charge in [-0.05, 0) is 12.1 Å². The van der Waals surface area contributed by atoms with Crippen molar-refractivity contribution in [1.82, 2.24) is 39.9 Å². The Balaban J connectivity index is 0.00000348. The molecule has 2 aliphatic rings. The molecule has 7 aromatic rings. The third kappa shape index (κ3) is 4.85. The largest absolute Gasteiger partial charge is 2.00 e. The summed E-state index contributed by atoms with van der Waals surface area (Å²) in [5, 5.41) is 1.13. The molecule has 17 heteroatoms. The number of rotatable bonds is 2. The van der Waals surface area contributed by atoms with Crippen molar-refractivity contribution in [2.24, 2.45) is 0 Å². The van der Waals surface area contributed by atoms with Crippen LogP contribution >= 0.6 is 0 Å². The average molecular weight is 774 g/mol. The van der Waals surface area contributed by atoms with Crippen molar-refractivity contribution in [2.75, 3.05) is 0 Å². The summed E-state index contributed by atoms with van der Waals surface area (Å²) in [5.74, 6) is 0.876. The molecule has 8 bridgehead atoms. The molecular weight excluding hydrogens is 758 g/mol. The third-order valence-corrected chi connectivity index (χ3v) is 10.1. The van der Waals surface area contributed by atoms with Crippen LogP contribution < -0.4 is 0 Å². The maximum absolute atomic E-state index is 12.7. The summed E-state index contributed by atoms with van der Waals surface area (Å²) >= 11 is 0. The van der Waals surface area contributed by atoms with Crippen LogP contribution in [0, 0.1) is 0 Å². The van der Waals surface area contributed by atoms with E-state index in [0.29, 0.717) is 39.4 Å². The standard InChI is InChI=1S/C32H18N8O6S2.Ru/c41-47(42,43)22-14-13-21-23(24(22)48(44,45)46)32-39-30-20-12-6-5-11-19(20)28(37-30)35-26-16-8-2-1-7-15(16)25(33-26)34-27-17-9-3-4-10-18(17)29(36-27)38-31(21)40-32;/h1-14H,(H,41,42,43)(H,44,45,46)(H2,33,34,35,36,37,38,39,40);/q;+2/p-2. The van der Waals surface area contributed by atoms with Gasteiger partial charge in [-0.3, -0.25) is 0 Å². The predicted molar refractivity (Wildman–Crippen MR) is 172 cm³/mol. The molecule has 0 fully saturated rings. The quantitative estimate of drug-likeness (QED) is 0.181. The van der Waals surface area contributed by atoms with Crippen LogP contribution in [0.3, 0.4) is 0 Å². The van der Waals surface area contributed by atoms with E-state index in [1.54, 1.807) is 36.4 Å². The number of aromatic amines is 2. The molecule has 3 aromatic heterocycles. The van der Waals surface area contributed by atoms with Crippen molar-refractivity contribution in [1.29, 1.82) is 0 Å². The summed E-state index contributed by atoms with van der Waals surface area (Å²) in [5.41, 5.74) is 3.08. The summed E-state index contributed by atoms with van der Waals surface area (Å²) in [6.45, 7) is 0. The SMILES string of the molecule is O=S(=O)([O-])c1ccc2c3nc4nc(nc5[nH]c(nc6nc(nc([nH]3)c2c1S(=O)(=O)[O-])-c1ccccc1-6)c1ccccc51)-c1ccccc1-4.[Ru+2]. The Hall–Kier alpha value is -5.32. The van der Waals surface area contributed by atoms with Crippen LogP contribution in [0.25, 0.3) is 89.7 Å². The Morgan fingerprint density at radius 2 is 0.837 bits per heavy atom. The molecule has 0 radical (unpaired) electrons. The van der Waals surface area contributed by atoms with Gasteiger partial charge in [0, 0.05) is 43.8 Å². The third-order valence-electron chi connectivity index (χ3n) is 8.16.